The lowest BCUT2D eigenvalue weighted by Crippen LogP contribution is -2.38. The zero-order chi connectivity index (χ0) is 11.0. The summed E-state index contributed by atoms with van der Waals surface area (Å²) in [6, 6.07) is 0. The van der Waals surface area contributed by atoms with Gasteiger partial charge in [-0.25, -0.2) is 0 Å². The van der Waals surface area contributed by atoms with Gasteiger partial charge < -0.3 is 10.0 Å². The van der Waals surface area contributed by atoms with Crippen LogP contribution in [-0.2, 0) is 0 Å². The Kier molecular flexibility index (Phi) is 8.58. The number of aliphatic hydroxyl groups is 1. The Morgan fingerprint density at radius 3 is 2.29 bits per heavy atom. The van der Waals surface area contributed by atoms with Crippen LogP contribution >= 0.6 is 11.6 Å². The van der Waals surface area contributed by atoms with Crippen molar-refractivity contribution >= 4 is 11.6 Å². The second-order valence-corrected chi connectivity index (χ2v) is 4.22. The molecule has 1 atom stereocenters. The molecular weight excluding hydrogens is 200 g/mol. The summed E-state index contributed by atoms with van der Waals surface area (Å²) in [7, 11) is 4.12. The van der Waals surface area contributed by atoms with Crippen molar-refractivity contribution < 1.29 is 5.11 Å². The van der Waals surface area contributed by atoms with Gasteiger partial charge in [-0.2, -0.15) is 0 Å². The summed E-state index contributed by atoms with van der Waals surface area (Å²) in [5.74, 6) is 0.322. The molecule has 0 aliphatic carbocycles. The highest BCUT2D eigenvalue weighted by atomic mass is 35.5. The van der Waals surface area contributed by atoms with Crippen molar-refractivity contribution in [1.29, 1.82) is 0 Å². The summed E-state index contributed by atoms with van der Waals surface area (Å²) >= 11 is 5.57. The lowest BCUT2D eigenvalue weighted by molar-refractivity contribution is 0.123. The van der Waals surface area contributed by atoms with Gasteiger partial charge in [0.25, 0.3) is 0 Å². The molecule has 1 N–H and O–H groups in total. The molecule has 0 heterocycles. The summed E-state index contributed by atoms with van der Waals surface area (Å²) in [5.41, 5.74) is 0. The van der Waals surface area contributed by atoms with Crippen molar-refractivity contribution in [3.8, 4) is 0 Å². The number of nitrogens with zero attached hydrogens (tertiary/aromatic N) is 2. The van der Waals surface area contributed by atoms with E-state index in [0.717, 1.165) is 26.1 Å². The third-order valence-electron chi connectivity index (χ3n) is 2.05. The highest BCUT2D eigenvalue weighted by molar-refractivity contribution is 6.18. The summed E-state index contributed by atoms with van der Waals surface area (Å²) in [6.45, 7) is 5.88. The normalized spacial score (nSPS) is 13.9. The summed E-state index contributed by atoms with van der Waals surface area (Å²) in [6.07, 6.45) is 0.716. The Balaban J connectivity index is 3.76. The Morgan fingerprint density at radius 1 is 1.21 bits per heavy atom. The molecule has 0 fully saturated rings. The predicted octanol–water partition coefficient (Wildman–Crippen LogP) is 0.860. The molecule has 0 saturated heterocycles. The van der Waals surface area contributed by atoms with E-state index < -0.39 is 6.10 Å². The van der Waals surface area contributed by atoms with Gasteiger partial charge >= 0.3 is 0 Å². The van der Waals surface area contributed by atoms with Gasteiger partial charge in [-0.1, -0.05) is 6.92 Å². The van der Waals surface area contributed by atoms with E-state index in [2.05, 4.69) is 30.8 Å². The number of likely N-dealkylation sites (N-methyl/N-ethyl adjacent to an activating group) is 1. The molecule has 0 aromatic carbocycles. The zero-order valence-corrected chi connectivity index (χ0v) is 10.3. The SMILES string of the molecule is CCCN(CCN(C)C)CC(O)CCl. The fourth-order valence-electron chi connectivity index (χ4n) is 1.30. The summed E-state index contributed by atoms with van der Waals surface area (Å²) < 4.78 is 0. The lowest BCUT2D eigenvalue weighted by atomic mass is 10.3. The largest absolute Gasteiger partial charge is 0.391 e. The van der Waals surface area contributed by atoms with Crippen LogP contribution in [0, 0.1) is 0 Å². The minimum atomic E-state index is -0.398. The molecule has 0 saturated carbocycles. The van der Waals surface area contributed by atoms with Crippen molar-refractivity contribution in [1.82, 2.24) is 9.80 Å². The maximum absolute atomic E-state index is 9.43. The number of hydrogen-bond donors (Lipinski definition) is 1. The number of hydrogen-bond acceptors (Lipinski definition) is 3. The smallest absolute Gasteiger partial charge is 0.0802 e. The Hall–Kier alpha value is 0.170. The van der Waals surface area contributed by atoms with E-state index in [0.29, 0.717) is 12.4 Å². The van der Waals surface area contributed by atoms with Crippen LogP contribution in [-0.4, -0.2) is 67.2 Å². The molecule has 0 aliphatic rings. The molecule has 0 radical (unpaired) electrons. The third kappa shape index (κ3) is 7.56. The van der Waals surface area contributed by atoms with Crippen molar-refractivity contribution in [2.45, 2.75) is 19.4 Å². The molecule has 0 spiro atoms. The van der Waals surface area contributed by atoms with E-state index in [9.17, 15) is 5.11 Å². The average molecular weight is 223 g/mol. The van der Waals surface area contributed by atoms with Crippen molar-refractivity contribution in [2.24, 2.45) is 0 Å². The van der Waals surface area contributed by atoms with Crippen LogP contribution in [0.3, 0.4) is 0 Å². The minimum Gasteiger partial charge on any atom is -0.391 e. The molecule has 1 unspecified atom stereocenters. The number of halogens is 1. The maximum atomic E-state index is 9.43. The van der Waals surface area contributed by atoms with Crippen molar-refractivity contribution in [3.05, 3.63) is 0 Å². The highest BCUT2D eigenvalue weighted by Crippen LogP contribution is 1.97. The molecule has 0 aliphatic heterocycles. The van der Waals surface area contributed by atoms with Crippen LogP contribution < -0.4 is 0 Å². The first kappa shape index (κ1) is 14.2. The minimum absolute atomic E-state index is 0.322. The monoisotopic (exact) mass is 222 g/mol. The van der Waals surface area contributed by atoms with Crippen LogP contribution in [0.15, 0.2) is 0 Å². The fraction of sp³-hybridized carbons (Fsp3) is 1.00. The van der Waals surface area contributed by atoms with Gasteiger partial charge in [0, 0.05) is 25.5 Å². The summed E-state index contributed by atoms with van der Waals surface area (Å²) in [5, 5.41) is 9.43. The highest BCUT2D eigenvalue weighted by Gasteiger charge is 2.09. The van der Waals surface area contributed by atoms with Crippen LogP contribution in [0.2, 0.25) is 0 Å². The quantitative estimate of drug-likeness (QED) is 0.618. The van der Waals surface area contributed by atoms with Gasteiger partial charge in [0.05, 0.1) is 6.10 Å². The topological polar surface area (TPSA) is 26.7 Å². The van der Waals surface area contributed by atoms with E-state index in [1.54, 1.807) is 0 Å². The molecule has 0 aromatic heterocycles. The molecule has 0 amide bonds. The first-order valence-electron chi connectivity index (χ1n) is 5.21. The second kappa shape index (κ2) is 8.48. The molecular formula is C10H23ClN2O. The van der Waals surface area contributed by atoms with Gasteiger partial charge in [-0.15, -0.1) is 11.6 Å². The zero-order valence-electron chi connectivity index (χ0n) is 9.54. The van der Waals surface area contributed by atoms with Gasteiger partial charge in [0.15, 0.2) is 0 Å². The maximum Gasteiger partial charge on any atom is 0.0802 e. The predicted molar refractivity (Wildman–Crippen MR) is 62.0 cm³/mol. The fourth-order valence-corrected chi connectivity index (χ4v) is 1.40. The third-order valence-corrected chi connectivity index (χ3v) is 2.41. The number of alkyl halides is 1. The van der Waals surface area contributed by atoms with Crippen LogP contribution in [0.1, 0.15) is 13.3 Å². The second-order valence-electron chi connectivity index (χ2n) is 3.91. The standard InChI is InChI=1S/C10H23ClN2O/c1-4-5-13(7-6-12(2)3)9-10(14)8-11/h10,14H,4-9H2,1-3H3. The van der Waals surface area contributed by atoms with Crippen LogP contribution in [0.25, 0.3) is 0 Å². The van der Waals surface area contributed by atoms with Crippen molar-refractivity contribution in [2.75, 3.05) is 46.2 Å². The molecule has 86 valence electrons. The molecule has 0 bridgehead atoms. The van der Waals surface area contributed by atoms with Gasteiger partial charge in [-0.3, -0.25) is 4.90 Å². The number of rotatable bonds is 8. The number of aliphatic hydroxyl groups excluding tert-OH is 1. The Bertz CT molecular complexity index is 133. The average Bonchev–Trinajstić information content (AvgIpc) is 2.14. The van der Waals surface area contributed by atoms with Gasteiger partial charge in [-0.05, 0) is 27.1 Å². The first-order chi connectivity index (χ1) is 6.60. The van der Waals surface area contributed by atoms with Crippen LogP contribution in [0.4, 0.5) is 0 Å². The van der Waals surface area contributed by atoms with E-state index in [1.807, 2.05) is 0 Å². The van der Waals surface area contributed by atoms with E-state index in [1.165, 1.54) is 0 Å². The van der Waals surface area contributed by atoms with Gasteiger partial charge in [0.1, 0.15) is 0 Å². The van der Waals surface area contributed by atoms with E-state index in [4.69, 9.17) is 11.6 Å². The van der Waals surface area contributed by atoms with Crippen LogP contribution in [0.5, 0.6) is 0 Å². The Labute approximate surface area is 92.6 Å². The molecule has 4 heteroatoms. The van der Waals surface area contributed by atoms with E-state index >= 15 is 0 Å². The van der Waals surface area contributed by atoms with Crippen molar-refractivity contribution in [3.63, 3.8) is 0 Å². The van der Waals surface area contributed by atoms with Gasteiger partial charge in [0.2, 0.25) is 0 Å². The lowest BCUT2D eigenvalue weighted by Gasteiger charge is -2.25. The molecule has 0 rings (SSSR count). The first-order valence-corrected chi connectivity index (χ1v) is 5.74. The Morgan fingerprint density at radius 2 is 1.86 bits per heavy atom. The summed E-state index contributed by atoms with van der Waals surface area (Å²) in [4.78, 5) is 4.41. The molecule has 3 nitrogen and oxygen atoms in total. The van der Waals surface area contributed by atoms with E-state index in [-0.39, 0.29) is 0 Å². The molecule has 14 heavy (non-hydrogen) atoms. The molecule has 0 aromatic rings.